The van der Waals surface area contributed by atoms with Crippen molar-refractivity contribution in [2.45, 2.75) is 45.1 Å². The third-order valence-corrected chi connectivity index (χ3v) is 5.49. The SMILES string of the molecule is CC(C)(C)c1nc2cc(N)ccc2n1C1CCS(=O)CC1. The minimum absolute atomic E-state index is 0.0234. The van der Waals surface area contributed by atoms with Gasteiger partial charge >= 0.3 is 0 Å². The first-order valence-electron chi connectivity index (χ1n) is 7.49. The van der Waals surface area contributed by atoms with Gasteiger partial charge in [0.05, 0.1) is 11.0 Å². The Bertz CT molecular complexity index is 689. The lowest BCUT2D eigenvalue weighted by molar-refractivity contribution is 0.416. The number of benzene rings is 1. The first kappa shape index (κ1) is 14.6. The van der Waals surface area contributed by atoms with Gasteiger partial charge in [0.15, 0.2) is 0 Å². The van der Waals surface area contributed by atoms with Crippen LogP contribution in [0.1, 0.15) is 45.5 Å². The van der Waals surface area contributed by atoms with Crippen molar-refractivity contribution >= 4 is 27.5 Å². The number of rotatable bonds is 1. The summed E-state index contributed by atoms with van der Waals surface area (Å²) in [7, 11) is -0.641. The van der Waals surface area contributed by atoms with E-state index in [2.05, 4.69) is 31.4 Å². The number of hydrogen-bond donors (Lipinski definition) is 1. The van der Waals surface area contributed by atoms with E-state index in [1.54, 1.807) is 0 Å². The van der Waals surface area contributed by atoms with Gasteiger partial charge in [0, 0.05) is 39.4 Å². The fourth-order valence-electron chi connectivity index (χ4n) is 3.05. The lowest BCUT2D eigenvalue weighted by Crippen LogP contribution is -2.27. The molecule has 114 valence electrons. The second-order valence-electron chi connectivity index (χ2n) is 6.88. The van der Waals surface area contributed by atoms with Gasteiger partial charge in [-0.1, -0.05) is 20.8 Å². The first-order valence-corrected chi connectivity index (χ1v) is 8.98. The molecule has 21 heavy (non-hydrogen) atoms. The second kappa shape index (κ2) is 5.13. The lowest BCUT2D eigenvalue weighted by atomic mass is 9.95. The molecule has 1 fully saturated rings. The van der Waals surface area contributed by atoms with E-state index in [0.717, 1.165) is 46.9 Å². The summed E-state index contributed by atoms with van der Waals surface area (Å²) in [4.78, 5) is 4.85. The Hall–Kier alpha value is -1.36. The molecule has 2 aromatic rings. The summed E-state index contributed by atoms with van der Waals surface area (Å²) in [6, 6.07) is 6.35. The topological polar surface area (TPSA) is 60.9 Å². The zero-order chi connectivity index (χ0) is 15.2. The van der Waals surface area contributed by atoms with E-state index in [4.69, 9.17) is 10.7 Å². The van der Waals surface area contributed by atoms with Crippen molar-refractivity contribution in [3.63, 3.8) is 0 Å². The van der Waals surface area contributed by atoms with Gasteiger partial charge < -0.3 is 10.3 Å². The highest BCUT2D eigenvalue weighted by atomic mass is 32.2. The number of anilines is 1. The molecule has 1 aromatic carbocycles. The number of hydrogen-bond acceptors (Lipinski definition) is 3. The van der Waals surface area contributed by atoms with Gasteiger partial charge in [0.1, 0.15) is 5.82 Å². The Balaban J connectivity index is 2.16. The Morgan fingerprint density at radius 3 is 2.57 bits per heavy atom. The van der Waals surface area contributed by atoms with Gasteiger partial charge in [-0.3, -0.25) is 4.21 Å². The average Bonchev–Trinajstić information content (AvgIpc) is 2.78. The standard InChI is InChI=1S/C16H23N3OS/c1-16(2,3)15-18-13-10-11(17)4-5-14(13)19(15)12-6-8-21(20)9-7-12/h4-5,10,12H,6-9,17H2,1-3H3. The van der Waals surface area contributed by atoms with Crippen molar-refractivity contribution < 1.29 is 4.21 Å². The van der Waals surface area contributed by atoms with Crippen LogP contribution in [0, 0.1) is 0 Å². The summed E-state index contributed by atoms with van der Waals surface area (Å²) in [6.45, 7) is 6.57. The van der Waals surface area contributed by atoms with Gasteiger partial charge in [-0.2, -0.15) is 0 Å². The zero-order valence-corrected chi connectivity index (χ0v) is 13.7. The van der Waals surface area contributed by atoms with E-state index in [9.17, 15) is 4.21 Å². The van der Waals surface area contributed by atoms with Crippen molar-refractivity contribution in [3.8, 4) is 0 Å². The van der Waals surface area contributed by atoms with Gasteiger partial charge in [-0.25, -0.2) is 4.98 Å². The van der Waals surface area contributed by atoms with Crippen molar-refractivity contribution in [2.75, 3.05) is 17.2 Å². The molecule has 4 nitrogen and oxygen atoms in total. The molecule has 2 heterocycles. The molecule has 0 atom stereocenters. The summed E-state index contributed by atoms with van der Waals surface area (Å²) < 4.78 is 14.0. The van der Waals surface area contributed by atoms with Crippen LogP contribution in [-0.4, -0.2) is 25.3 Å². The van der Waals surface area contributed by atoms with Crippen LogP contribution >= 0.6 is 0 Å². The molecule has 0 amide bonds. The highest BCUT2D eigenvalue weighted by Crippen LogP contribution is 2.34. The molecule has 1 aliphatic heterocycles. The minimum atomic E-state index is -0.641. The molecule has 0 radical (unpaired) electrons. The summed E-state index contributed by atoms with van der Waals surface area (Å²) in [6.07, 6.45) is 1.93. The molecule has 0 aliphatic carbocycles. The van der Waals surface area contributed by atoms with Crippen LogP contribution in [0.15, 0.2) is 18.2 Å². The molecular formula is C16H23N3OS. The molecular weight excluding hydrogens is 282 g/mol. The molecule has 0 spiro atoms. The average molecular weight is 305 g/mol. The fraction of sp³-hybridized carbons (Fsp3) is 0.562. The van der Waals surface area contributed by atoms with E-state index >= 15 is 0 Å². The molecule has 1 saturated heterocycles. The summed E-state index contributed by atoms with van der Waals surface area (Å²) >= 11 is 0. The number of nitrogen functional groups attached to an aromatic ring is 1. The van der Waals surface area contributed by atoms with E-state index in [1.807, 2.05) is 12.1 Å². The number of fused-ring (bicyclic) bond motifs is 1. The second-order valence-corrected chi connectivity index (χ2v) is 8.58. The number of imidazole rings is 1. The molecule has 1 aliphatic rings. The van der Waals surface area contributed by atoms with Crippen LogP contribution in [0.5, 0.6) is 0 Å². The highest BCUT2D eigenvalue weighted by Gasteiger charge is 2.29. The Morgan fingerprint density at radius 2 is 1.95 bits per heavy atom. The Kier molecular flexibility index (Phi) is 3.56. The largest absolute Gasteiger partial charge is 0.399 e. The van der Waals surface area contributed by atoms with Gasteiger partial charge in [0.25, 0.3) is 0 Å². The van der Waals surface area contributed by atoms with Crippen LogP contribution in [0.3, 0.4) is 0 Å². The summed E-state index contributed by atoms with van der Waals surface area (Å²) in [5.41, 5.74) is 8.73. The van der Waals surface area contributed by atoms with Crippen molar-refractivity contribution in [2.24, 2.45) is 0 Å². The van der Waals surface area contributed by atoms with E-state index in [1.165, 1.54) is 0 Å². The Labute approximate surface area is 128 Å². The van der Waals surface area contributed by atoms with Crippen LogP contribution in [0.4, 0.5) is 5.69 Å². The maximum absolute atomic E-state index is 11.6. The predicted molar refractivity (Wildman–Crippen MR) is 89.0 cm³/mol. The van der Waals surface area contributed by atoms with Crippen molar-refractivity contribution in [1.82, 2.24) is 9.55 Å². The third-order valence-electron chi connectivity index (χ3n) is 4.11. The molecule has 0 saturated carbocycles. The molecule has 5 heteroatoms. The monoisotopic (exact) mass is 305 g/mol. The normalized spacial score (nSPS) is 23.6. The first-order chi connectivity index (χ1) is 9.86. The molecule has 2 N–H and O–H groups in total. The van der Waals surface area contributed by atoms with Crippen molar-refractivity contribution in [3.05, 3.63) is 24.0 Å². The van der Waals surface area contributed by atoms with Crippen LogP contribution in [0.2, 0.25) is 0 Å². The van der Waals surface area contributed by atoms with Gasteiger partial charge in [-0.05, 0) is 31.0 Å². The minimum Gasteiger partial charge on any atom is -0.399 e. The fourth-order valence-corrected chi connectivity index (χ4v) is 4.33. The number of aromatic nitrogens is 2. The van der Waals surface area contributed by atoms with Crippen LogP contribution in [0.25, 0.3) is 11.0 Å². The lowest BCUT2D eigenvalue weighted by Gasteiger charge is -2.29. The molecule has 0 bridgehead atoms. The number of nitrogens with two attached hydrogens (primary N) is 1. The Morgan fingerprint density at radius 1 is 1.29 bits per heavy atom. The highest BCUT2D eigenvalue weighted by molar-refractivity contribution is 7.85. The van der Waals surface area contributed by atoms with Crippen LogP contribution < -0.4 is 5.73 Å². The maximum atomic E-state index is 11.6. The quantitative estimate of drug-likeness (QED) is 0.824. The molecule has 0 unspecified atom stereocenters. The summed E-state index contributed by atoms with van der Waals surface area (Å²) in [5.74, 6) is 2.69. The summed E-state index contributed by atoms with van der Waals surface area (Å²) in [5, 5.41) is 0. The molecule has 1 aromatic heterocycles. The zero-order valence-electron chi connectivity index (χ0n) is 12.9. The van der Waals surface area contributed by atoms with E-state index in [-0.39, 0.29) is 5.41 Å². The van der Waals surface area contributed by atoms with Gasteiger partial charge in [-0.15, -0.1) is 0 Å². The van der Waals surface area contributed by atoms with E-state index < -0.39 is 10.8 Å². The third kappa shape index (κ3) is 2.71. The number of nitrogens with zero attached hydrogens (tertiary/aromatic N) is 2. The van der Waals surface area contributed by atoms with Crippen LogP contribution in [-0.2, 0) is 16.2 Å². The van der Waals surface area contributed by atoms with Gasteiger partial charge in [0.2, 0.25) is 0 Å². The van der Waals surface area contributed by atoms with Crippen molar-refractivity contribution in [1.29, 1.82) is 0 Å². The predicted octanol–water partition coefficient (Wildman–Crippen LogP) is 3.00. The maximum Gasteiger partial charge on any atom is 0.115 e. The smallest absolute Gasteiger partial charge is 0.115 e. The van der Waals surface area contributed by atoms with E-state index in [0.29, 0.717) is 6.04 Å². The molecule has 3 rings (SSSR count).